The van der Waals surface area contributed by atoms with Gasteiger partial charge in [-0.05, 0) is 61.6 Å². The van der Waals surface area contributed by atoms with Crippen molar-refractivity contribution < 1.29 is 19.1 Å². The average Bonchev–Trinajstić information content (AvgIpc) is 3.24. The maximum Gasteiger partial charge on any atom is 0.255 e. The molecule has 8 nitrogen and oxygen atoms in total. The Hall–Kier alpha value is -3.78. The summed E-state index contributed by atoms with van der Waals surface area (Å²) in [6, 6.07) is 18.0. The number of para-hydroxylation sites is 1. The summed E-state index contributed by atoms with van der Waals surface area (Å²) < 4.78 is 6.59. The summed E-state index contributed by atoms with van der Waals surface area (Å²) in [4.78, 5) is 46.0. The lowest BCUT2D eigenvalue weighted by atomic mass is 9.85. The number of piperidine rings is 1. The zero-order chi connectivity index (χ0) is 26.5. The van der Waals surface area contributed by atoms with Gasteiger partial charge in [-0.3, -0.25) is 29.6 Å². The molecule has 2 saturated heterocycles. The van der Waals surface area contributed by atoms with Gasteiger partial charge in [-0.1, -0.05) is 30.7 Å². The molecule has 1 aromatic heterocycles. The second-order valence-corrected chi connectivity index (χ2v) is 11.3. The number of carbonyl (C=O) groups is 3. The number of pyridine rings is 1. The minimum atomic E-state index is -0.605. The number of imide groups is 1. The van der Waals surface area contributed by atoms with Crippen LogP contribution in [-0.4, -0.2) is 63.8 Å². The van der Waals surface area contributed by atoms with Crippen molar-refractivity contribution in [2.24, 2.45) is 0 Å². The smallest absolute Gasteiger partial charge is 0.255 e. The molecule has 4 aliphatic rings. The van der Waals surface area contributed by atoms with E-state index in [4.69, 9.17) is 9.72 Å². The zero-order valence-corrected chi connectivity index (χ0v) is 21.8. The lowest BCUT2D eigenvalue weighted by Gasteiger charge is -2.48. The normalized spacial score (nSPS) is 25.9. The molecule has 8 heteroatoms. The van der Waals surface area contributed by atoms with E-state index in [1.54, 1.807) is 4.90 Å². The van der Waals surface area contributed by atoms with Crippen LogP contribution in [0, 0.1) is 0 Å². The SMILES string of the molecule is O=C1CC[C@@H](N2Cc3cc(O[C@@H]4CCCC[C@@H]4N4CC(c5ccc6ccccc6n5)C4)ccc3C2=O)C(=O)N1. The molecule has 3 aromatic rings. The van der Waals surface area contributed by atoms with Gasteiger partial charge in [-0.2, -0.15) is 0 Å². The van der Waals surface area contributed by atoms with Gasteiger partial charge in [0.2, 0.25) is 11.8 Å². The third-order valence-corrected chi connectivity index (χ3v) is 8.87. The highest BCUT2D eigenvalue weighted by atomic mass is 16.5. The van der Waals surface area contributed by atoms with E-state index in [1.807, 2.05) is 30.3 Å². The molecule has 0 spiro atoms. The molecule has 0 radical (unpaired) electrons. The van der Waals surface area contributed by atoms with Gasteiger partial charge < -0.3 is 9.64 Å². The number of amides is 3. The molecule has 1 aliphatic carbocycles. The molecule has 2 aromatic carbocycles. The molecule has 3 aliphatic heterocycles. The Balaban J connectivity index is 1.02. The summed E-state index contributed by atoms with van der Waals surface area (Å²) in [6.45, 7) is 2.35. The van der Waals surface area contributed by atoms with Crippen LogP contribution in [0.25, 0.3) is 10.9 Å². The summed E-state index contributed by atoms with van der Waals surface area (Å²) in [5.41, 5.74) is 3.71. The second-order valence-electron chi connectivity index (χ2n) is 11.3. The number of rotatable bonds is 5. The first-order valence-corrected chi connectivity index (χ1v) is 14.1. The summed E-state index contributed by atoms with van der Waals surface area (Å²) in [5.74, 6) is 0.398. The van der Waals surface area contributed by atoms with Crippen LogP contribution in [0.2, 0.25) is 0 Å². The van der Waals surface area contributed by atoms with Crippen molar-refractivity contribution in [3.05, 3.63) is 71.4 Å². The van der Waals surface area contributed by atoms with E-state index < -0.39 is 6.04 Å². The lowest BCUT2D eigenvalue weighted by Crippen LogP contribution is -2.57. The third-order valence-electron chi connectivity index (χ3n) is 8.87. The van der Waals surface area contributed by atoms with Gasteiger partial charge in [0.15, 0.2) is 0 Å². The molecular weight excluding hydrogens is 492 g/mol. The number of fused-ring (bicyclic) bond motifs is 2. The van der Waals surface area contributed by atoms with E-state index in [1.165, 1.54) is 17.5 Å². The van der Waals surface area contributed by atoms with Gasteiger partial charge >= 0.3 is 0 Å². The quantitative estimate of drug-likeness (QED) is 0.511. The van der Waals surface area contributed by atoms with E-state index in [9.17, 15) is 14.4 Å². The number of ether oxygens (including phenoxy) is 1. The maximum absolute atomic E-state index is 13.0. The maximum atomic E-state index is 13.0. The van der Waals surface area contributed by atoms with E-state index >= 15 is 0 Å². The van der Waals surface area contributed by atoms with Gasteiger partial charge in [0, 0.05) is 54.7 Å². The standard InChI is InChI=1S/C31H32N4O4/c36-29-14-13-27(30(37)33-29)35-18-20-15-22(10-11-23(20)31(35)38)39-28-8-4-3-7-26(28)34-16-21(17-34)25-12-9-19-5-1-2-6-24(19)32-25/h1-2,5-6,9-12,15,21,26-28H,3-4,7-8,13-14,16-18H2,(H,33,36,37)/t26-,27+,28+/m0/s1. The molecule has 3 amide bonds. The van der Waals surface area contributed by atoms with Crippen molar-refractivity contribution in [1.82, 2.24) is 20.1 Å². The van der Waals surface area contributed by atoms with Crippen molar-refractivity contribution in [1.29, 1.82) is 0 Å². The van der Waals surface area contributed by atoms with Crippen LogP contribution >= 0.6 is 0 Å². The van der Waals surface area contributed by atoms with Crippen LogP contribution in [0.3, 0.4) is 0 Å². The first kappa shape index (κ1) is 24.3. The molecule has 39 heavy (non-hydrogen) atoms. The first-order chi connectivity index (χ1) is 19.0. The molecule has 0 unspecified atom stereocenters. The Morgan fingerprint density at radius 2 is 1.77 bits per heavy atom. The number of hydrogen-bond acceptors (Lipinski definition) is 6. The molecule has 4 heterocycles. The van der Waals surface area contributed by atoms with Gasteiger partial charge in [0.05, 0.1) is 5.52 Å². The monoisotopic (exact) mass is 524 g/mol. The molecular formula is C31H32N4O4. The Bertz CT molecular complexity index is 1470. The zero-order valence-electron chi connectivity index (χ0n) is 21.8. The number of likely N-dealkylation sites (tertiary alicyclic amines) is 1. The Kier molecular flexibility index (Phi) is 6.07. The van der Waals surface area contributed by atoms with Crippen LogP contribution in [0.1, 0.15) is 66.1 Å². The van der Waals surface area contributed by atoms with Gasteiger partial charge in [-0.25, -0.2) is 0 Å². The van der Waals surface area contributed by atoms with Gasteiger partial charge in [0.1, 0.15) is 17.9 Å². The highest BCUT2D eigenvalue weighted by Crippen LogP contribution is 2.36. The van der Waals surface area contributed by atoms with Crippen LogP contribution in [0.15, 0.2) is 54.6 Å². The number of nitrogens with zero attached hydrogens (tertiary/aromatic N) is 3. The highest BCUT2D eigenvalue weighted by molar-refractivity contribution is 6.05. The minimum absolute atomic E-state index is 0.102. The minimum Gasteiger partial charge on any atom is -0.489 e. The first-order valence-electron chi connectivity index (χ1n) is 14.1. The summed E-state index contributed by atoms with van der Waals surface area (Å²) >= 11 is 0. The van der Waals surface area contributed by atoms with E-state index in [0.717, 1.165) is 49.2 Å². The summed E-state index contributed by atoms with van der Waals surface area (Å²) in [7, 11) is 0. The van der Waals surface area contributed by atoms with E-state index in [0.29, 0.717) is 30.5 Å². The Labute approximate surface area is 227 Å². The van der Waals surface area contributed by atoms with Crippen molar-refractivity contribution >= 4 is 28.6 Å². The number of aromatic nitrogens is 1. The highest BCUT2D eigenvalue weighted by Gasteiger charge is 2.41. The summed E-state index contributed by atoms with van der Waals surface area (Å²) in [5, 5.41) is 3.54. The predicted octanol–water partition coefficient (Wildman–Crippen LogP) is 3.79. The molecule has 3 atom stereocenters. The fourth-order valence-corrected chi connectivity index (χ4v) is 6.71. The molecule has 200 valence electrons. The largest absolute Gasteiger partial charge is 0.489 e. The summed E-state index contributed by atoms with van der Waals surface area (Å²) in [6.07, 6.45) is 5.21. The van der Waals surface area contributed by atoms with E-state index in [2.05, 4.69) is 34.5 Å². The van der Waals surface area contributed by atoms with Gasteiger partial charge in [0.25, 0.3) is 5.91 Å². The Morgan fingerprint density at radius 1 is 0.923 bits per heavy atom. The Morgan fingerprint density at radius 3 is 2.64 bits per heavy atom. The number of carbonyl (C=O) groups excluding carboxylic acids is 3. The lowest BCUT2D eigenvalue weighted by molar-refractivity contribution is -0.136. The molecule has 1 N–H and O–H groups in total. The fraction of sp³-hybridized carbons (Fsp3) is 0.419. The van der Waals surface area contributed by atoms with Gasteiger partial charge in [-0.15, -0.1) is 0 Å². The third kappa shape index (κ3) is 4.46. The van der Waals surface area contributed by atoms with Crippen molar-refractivity contribution in [2.75, 3.05) is 13.1 Å². The van der Waals surface area contributed by atoms with Crippen LogP contribution < -0.4 is 10.1 Å². The number of nitrogens with one attached hydrogen (secondary N) is 1. The van der Waals surface area contributed by atoms with Crippen molar-refractivity contribution in [3.8, 4) is 5.75 Å². The van der Waals surface area contributed by atoms with Crippen LogP contribution in [0.4, 0.5) is 0 Å². The fourth-order valence-electron chi connectivity index (χ4n) is 6.71. The molecule has 1 saturated carbocycles. The molecule has 7 rings (SSSR count). The topological polar surface area (TPSA) is 91.8 Å². The van der Waals surface area contributed by atoms with Crippen LogP contribution in [0.5, 0.6) is 5.75 Å². The average molecular weight is 525 g/mol. The van der Waals surface area contributed by atoms with Crippen molar-refractivity contribution in [2.45, 2.75) is 69.2 Å². The van der Waals surface area contributed by atoms with Crippen molar-refractivity contribution in [3.63, 3.8) is 0 Å². The van der Waals surface area contributed by atoms with Crippen LogP contribution in [-0.2, 0) is 16.1 Å². The molecule has 3 fully saturated rings. The predicted molar refractivity (Wildman–Crippen MR) is 145 cm³/mol. The number of hydrogen-bond donors (Lipinski definition) is 1. The number of benzene rings is 2. The molecule has 0 bridgehead atoms. The van der Waals surface area contributed by atoms with E-state index in [-0.39, 0.29) is 30.2 Å². The second kappa shape index (κ2) is 9.75.